The normalized spacial score (nSPS) is 12.6. The Labute approximate surface area is 105 Å². The number of nitrogens with zero attached hydrogens (tertiary/aromatic N) is 1. The van der Waals surface area contributed by atoms with Gasteiger partial charge in [0, 0.05) is 30.1 Å². The fourth-order valence-corrected chi connectivity index (χ4v) is 2.02. The molecule has 1 unspecified atom stereocenters. The van der Waals surface area contributed by atoms with E-state index in [1.807, 2.05) is 35.9 Å². The molecule has 1 heterocycles. The quantitative estimate of drug-likeness (QED) is 0.850. The Bertz CT molecular complexity index is 589. The minimum atomic E-state index is -0.988. The van der Waals surface area contributed by atoms with Crippen LogP contribution in [0.15, 0.2) is 24.3 Å². The number of carboxylic acid groups (broad SMARTS) is 1. The second-order valence-corrected chi connectivity index (χ2v) is 4.27. The van der Waals surface area contributed by atoms with Gasteiger partial charge in [0.15, 0.2) is 0 Å². The monoisotopic (exact) mass is 248 g/mol. The Kier molecular flexibility index (Phi) is 3.25. The summed E-state index contributed by atoms with van der Waals surface area (Å²) in [4.78, 5) is 10.8. The highest BCUT2D eigenvalue weighted by Gasteiger charge is 2.15. The third-order valence-electron chi connectivity index (χ3n) is 3.10. The van der Waals surface area contributed by atoms with E-state index in [2.05, 4.69) is 0 Å². The zero-order valence-electron chi connectivity index (χ0n) is 10.4. The molecule has 3 N–H and O–H groups in total. The highest BCUT2D eigenvalue weighted by Crippen LogP contribution is 2.24. The fraction of sp³-hybridized carbons (Fsp3) is 0.308. The lowest BCUT2D eigenvalue weighted by Crippen LogP contribution is -2.32. The average molecular weight is 248 g/mol. The maximum atomic E-state index is 10.8. The Morgan fingerprint density at radius 3 is 2.83 bits per heavy atom. The number of hydrogen-bond acceptors (Lipinski definition) is 3. The number of aryl methyl sites for hydroxylation is 1. The lowest BCUT2D eigenvalue weighted by Gasteiger charge is -2.07. The van der Waals surface area contributed by atoms with Crippen molar-refractivity contribution in [3.05, 3.63) is 30.0 Å². The molecule has 2 rings (SSSR count). The molecule has 0 spiro atoms. The van der Waals surface area contributed by atoms with E-state index in [1.54, 1.807) is 7.11 Å². The van der Waals surface area contributed by atoms with Gasteiger partial charge in [-0.25, -0.2) is 0 Å². The van der Waals surface area contributed by atoms with Gasteiger partial charge >= 0.3 is 5.97 Å². The van der Waals surface area contributed by atoms with Gasteiger partial charge in [0.1, 0.15) is 11.8 Å². The number of nitrogens with two attached hydrogens (primary N) is 1. The molecule has 1 atom stereocenters. The molecule has 0 amide bonds. The number of carboxylic acids is 1. The SMILES string of the molecule is COc1ccc2c(c1)cc(CC(N)C(=O)O)n2C. The molecule has 0 aliphatic carbocycles. The molecule has 0 radical (unpaired) electrons. The molecule has 0 aliphatic rings. The van der Waals surface area contributed by atoms with E-state index in [0.717, 1.165) is 22.3 Å². The number of aromatic nitrogens is 1. The van der Waals surface area contributed by atoms with Crippen molar-refractivity contribution in [1.29, 1.82) is 0 Å². The van der Waals surface area contributed by atoms with E-state index in [1.165, 1.54) is 0 Å². The van der Waals surface area contributed by atoms with Crippen molar-refractivity contribution in [3.8, 4) is 5.75 Å². The Morgan fingerprint density at radius 1 is 1.50 bits per heavy atom. The topological polar surface area (TPSA) is 77.5 Å². The Morgan fingerprint density at radius 2 is 2.22 bits per heavy atom. The summed E-state index contributed by atoms with van der Waals surface area (Å²) in [5.41, 5.74) is 7.49. The standard InChI is InChI=1S/C13H16N2O3/c1-15-9(7-11(14)13(16)17)5-8-6-10(18-2)3-4-12(8)15/h3-6,11H,7,14H2,1-2H3,(H,16,17). The van der Waals surface area contributed by atoms with Crippen LogP contribution < -0.4 is 10.5 Å². The molecule has 0 fully saturated rings. The number of ether oxygens (including phenoxy) is 1. The van der Waals surface area contributed by atoms with Gasteiger partial charge in [0.05, 0.1) is 7.11 Å². The number of methoxy groups -OCH3 is 1. The highest BCUT2D eigenvalue weighted by molar-refractivity contribution is 5.83. The van der Waals surface area contributed by atoms with Gasteiger partial charge in [0.2, 0.25) is 0 Å². The van der Waals surface area contributed by atoms with Crippen LogP contribution in [0.4, 0.5) is 0 Å². The van der Waals surface area contributed by atoms with Gasteiger partial charge in [-0.1, -0.05) is 0 Å². The second-order valence-electron chi connectivity index (χ2n) is 4.27. The summed E-state index contributed by atoms with van der Waals surface area (Å²) < 4.78 is 7.12. The summed E-state index contributed by atoms with van der Waals surface area (Å²) in [5.74, 6) is -0.208. The third kappa shape index (κ3) is 2.17. The zero-order chi connectivity index (χ0) is 13.3. The maximum Gasteiger partial charge on any atom is 0.320 e. The number of benzene rings is 1. The summed E-state index contributed by atoms with van der Waals surface area (Å²) in [5, 5.41) is 9.85. The molecule has 18 heavy (non-hydrogen) atoms. The second kappa shape index (κ2) is 4.70. The number of carbonyl (C=O) groups is 1. The number of fused-ring (bicyclic) bond motifs is 1. The van der Waals surface area contributed by atoms with E-state index in [4.69, 9.17) is 15.6 Å². The zero-order valence-corrected chi connectivity index (χ0v) is 10.4. The van der Waals surface area contributed by atoms with Crippen LogP contribution in [-0.4, -0.2) is 28.8 Å². The highest BCUT2D eigenvalue weighted by atomic mass is 16.5. The first-order chi connectivity index (χ1) is 8.52. The molecule has 96 valence electrons. The molecule has 2 aromatic rings. The average Bonchev–Trinajstić information content (AvgIpc) is 2.65. The van der Waals surface area contributed by atoms with Crippen LogP contribution >= 0.6 is 0 Å². The van der Waals surface area contributed by atoms with Crippen molar-refractivity contribution in [2.24, 2.45) is 12.8 Å². The minimum absolute atomic E-state index is 0.308. The first kappa shape index (κ1) is 12.4. The van der Waals surface area contributed by atoms with Crippen molar-refractivity contribution >= 4 is 16.9 Å². The third-order valence-corrected chi connectivity index (χ3v) is 3.10. The van der Waals surface area contributed by atoms with Crippen molar-refractivity contribution in [1.82, 2.24) is 4.57 Å². The van der Waals surface area contributed by atoms with Gasteiger partial charge in [-0.15, -0.1) is 0 Å². The van der Waals surface area contributed by atoms with Crippen LogP contribution in [0.5, 0.6) is 5.75 Å². The number of hydrogen-bond donors (Lipinski definition) is 2. The summed E-state index contributed by atoms with van der Waals surface area (Å²) in [6.45, 7) is 0. The molecule has 0 saturated heterocycles. The summed E-state index contributed by atoms with van der Waals surface area (Å²) >= 11 is 0. The summed E-state index contributed by atoms with van der Waals surface area (Å²) in [6, 6.07) is 6.81. The van der Waals surface area contributed by atoms with E-state index >= 15 is 0 Å². The molecular formula is C13H16N2O3. The summed E-state index contributed by atoms with van der Waals surface area (Å²) in [6.07, 6.45) is 0.308. The molecule has 1 aromatic heterocycles. The van der Waals surface area contributed by atoms with Crippen molar-refractivity contribution < 1.29 is 14.6 Å². The minimum Gasteiger partial charge on any atom is -0.497 e. The molecule has 0 saturated carbocycles. The Hall–Kier alpha value is -2.01. The van der Waals surface area contributed by atoms with E-state index in [-0.39, 0.29) is 0 Å². The largest absolute Gasteiger partial charge is 0.497 e. The molecule has 0 bridgehead atoms. The van der Waals surface area contributed by atoms with Crippen molar-refractivity contribution in [3.63, 3.8) is 0 Å². The van der Waals surface area contributed by atoms with Crippen molar-refractivity contribution in [2.75, 3.05) is 7.11 Å². The van der Waals surface area contributed by atoms with E-state index in [9.17, 15) is 4.79 Å². The van der Waals surface area contributed by atoms with Crippen LogP contribution in [0, 0.1) is 0 Å². The van der Waals surface area contributed by atoms with Crippen LogP contribution in [-0.2, 0) is 18.3 Å². The maximum absolute atomic E-state index is 10.8. The lowest BCUT2D eigenvalue weighted by molar-refractivity contribution is -0.138. The Balaban J connectivity index is 2.40. The number of rotatable bonds is 4. The molecule has 1 aromatic carbocycles. The smallest absolute Gasteiger partial charge is 0.320 e. The fourth-order valence-electron chi connectivity index (χ4n) is 2.02. The van der Waals surface area contributed by atoms with Gasteiger partial charge in [-0.3, -0.25) is 4.79 Å². The van der Waals surface area contributed by atoms with Crippen molar-refractivity contribution in [2.45, 2.75) is 12.5 Å². The van der Waals surface area contributed by atoms with Gasteiger partial charge in [0.25, 0.3) is 0 Å². The lowest BCUT2D eigenvalue weighted by atomic mass is 10.1. The van der Waals surface area contributed by atoms with E-state index in [0.29, 0.717) is 6.42 Å². The van der Waals surface area contributed by atoms with Crippen LogP contribution in [0.2, 0.25) is 0 Å². The molecule has 5 heteroatoms. The van der Waals surface area contributed by atoms with Gasteiger partial charge < -0.3 is 20.1 Å². The number of aliphatic carboxylic acids is 1. The molecular weight excluding hydrogens is 232 g/mol. The van der Waals surface area contributed by atoms with E-state index < -0.39 is 12.0 Å². The molecule has 0 aliphatic heterocycles. The van der Waals surface area contributed by atoms with Gasteiger partial charge in [-0.05, 0) is 24.3 Å². The van der Waals surface area contributed by atoms with Crippen LogP contribution in [0.1, 0.15) is 5.69 Å². The first-order valence-electron chi connectivity index (χ1n) is 5.63. The van der Waals surface area contributed by atoms with Crippen LogP contribution in [0.25, 0.3) is 10.9 Å². The van der Waals surface area contributed by atoms with Crippen LogP contribution in [0.3, 0.4) is 0 Å². The first-order valence-corrected chi connectivity index (χ1v) is 5.63. The predicted octanol–water partition coefficient (Wildman–Crippen LogP) is 1.14. The molecule has 5 nitrogen and oxygen atoms in total. The van der Waals surface area contributed by atoms with Gasteiger partial charge in [-0.2, -0.15) is 0 Å². The predicted molar refractivity (Wildman–Crippen MR) is 68.8 cm³/mol. The summed E-state index contributed by atoms with van der Waals surface area (Å²) in [7, 11) is 3.52.